The Morgan fingerprint density at radius 1 is 1.54 bits per heavy atom. The van der Waals surface area contributed by atoms with Gasteiger partial charge in [0.1, 0.15) is 0 Å². The summed E-state index contributed by atoms with van der Waals surface area (Å²) in [5, 5.41) is 0. The topological polar surface area (TPSA) is 37.4 Å². The van der Waals surface area contributed by atoms with Gasteiger partial charge in [-0.2, -0.15) is 4.31 Å². The smallest absolute Gasteiger partial charge is 0.212 e. The van der Waals surface area contributed by atoms with Crippen LogP contribution in [0.2, 0.25) is 0 Å². The average molecular weight is 203 g/mol. The van der Waals surface area contributed by atoms with Crippen molar-refractivity contribution in [2.45, 2.75) is 20.8 Å². The van der Waals surface area contributed by atoms with Gasteiger partial charge in [-0.1, -0.05) is 25.5 Å². The highest BCUT2D eigenvalue weighted by atomic mass is 32.2. The maximum Gasteiger partial charge on any atom is 0.214 e. The highest BCUT2D eigenvalue weighted by Gasteiger charge is 2.25. The Hall–Kier alpha value is -0.350. The first-order valence-corrected chi connectivity index (χ1v) is 6.25. The van der Waals surface area contributed by atoms with Gasteiger partial charge in [0, 0.05) is 13.1 Å². The average Bonchev–Trinajstić information content (AvgIpc) is 2.52. The van der Waals surface area contributed by atoms with Crippen molar-refractivity contribution in [2.24, 2.45) is 5.92 Å². The quantitative estimate of drug-likeness (QED) is 0.647. The summed E-state index contributed by atoms with van der Waals surface area (Å²) >= 11 is 0. The third kappa shape index (κ3) is 2.31. The van der Waals surface area contributed by atoms with Crippen molar-refractivity contribution in [1.29, 1.82) is 0 Å². The molecule has 1 rings (SSSR count). The third-order valence-electron chi connectivity index (χ3n) is 2.42. The van der Waals surface area contributed by atoms with Crippen molar-refractivity contribution in [3.63, 3.8) is 0 Å². The fourth-order valence-corrected chi connectivity index (χ4v) is 2.38. The van der Waals surface area contributed by atoms with E-state index in [0.717, 1.165) is 0 Å². The maximum absolute atomic E-state index is 11.5. The highest BCUT2D eigenvalue weighted by Crippen LogP contribution is 2.19. The van der Waals surface area contributed by atoms with E-state index in [0.29, 0.717) is 19.0 Å². The largest absolute Gasteiger partial charge is 0.214 e. The van der Waals surface area contributed by atoms with Gasteiger partial charge in [-0.25, -0.2) is 8.42 Å². The highest BCUT2D eigenvalue weighted by molar-refractivity contribution is 7.89. The summed E-state index contributed by atoms with van der Waals surface area (Å²) in [6.45, 7) is 7.02. The van der Waals surface area contributed by atoms with Crippen molar-refractivity contribution in [3.8, 4) is 0 Å². The zero-order chi connectivity index (χ0) is 10.1. The molecule has 0 aromatic heterocycles. The summed E-state index contributed by atoms with van der Waals surface area (Å²) in [6, 6.07) is 0. The number of hydrogen-bond acceptors (Lipinski definition) is 2. The summed E-state index contributed by atoms with van der Waals surface area (Å²) in [6.07, 6.45) is 2.03. The van der Waals surface area contributed by atoms with Crippen LogP contribution in [0.25, 0.3) is 0 Å². The lowest BCUT2D eigenvalue weighted by atomic mass is 10.1. The van der Waals surface area contributed by atoms with Crippen LogP contribution in [0.3, 0.4) is 0 Å². The molecule has 0 aromatic rings. The predicted molar refractivity (Wildman–Crippen MR) is 54.0 cm³/mol. The standard InChI is InChI=1S/C9H17NO2S/c1-4-13(11,12)10-6-5-9(7-10)8(2)3/h5,8H,4,6-7H2,1-3H3. The van der Waals surface area contributed by atoms with Crippen LogP contribution in [0.5, 0.6) is 0 Å². The Labute approximate surface area is 80.5 Å². The van der Waals surface area contributed by atoms with Crippen molar-refractivity contribution >= 4 is 10.0 Å². The first kappa shape index (κ1) is 10.7. The second-order valence-corrected chi connectivity index (χ2v) is 5.88. The molecule has 0 spiro atoms. The van der Waals surface area contributed by atoms with E-state index in [-0.39, 0.29) is 5.75 Å². The van der Waals surface area contributed by atoms with E-state index in [2.05, 4.69) is 13.8 Å². The molecule has 0 amide bonds. The fourth-order valence-electron chi connectivity index (χ4n) is 1.36. The third-order valence-corrected chi connectivity index (χ3v) is 4.21. The Balaban J connectivity index is 2.66. The summed E-state index contributed by atoms with van der Waals surface area (Å²) in [5.41, 5.74) is 1.23. The molecule has 1 heterocycles. The minimum atomic E-state index is -2.98. The monoisotopic (exact) mass is 203 g/mol. The predicted octanol–water partition coefficient (Wildman–Crippen LogP) is 1.23. The van der Waals surface area contributed by atoms with E-state index < -0.39 is 10.0 Å². The van der Waals surface area contributed by atoms with Crippen molar-refractivity contribution in [2.75, 3.05) is 18.8 Å². The molecular weight excluding hydrogens is 186 g/mol. The van der Waals surface area contributed by atoms with Gasteiger partial charge in [-0.15, -0.1) is 0 Å². The number of hydrogen-bond donors (Lipinski definition) is 0. The van der Waals surface area contributed by atoms with E-state index in [9.17, 15) is 8.42 Å². The summed E-state index contributed by atoms with van der Waals surface area (Å²) in [5.74, 6) is 0.656. The molecule has 0 bridgehead atoms. The Morgan fingerprint density at radius 3 is 2.54 bits per heavy atom. The first-order chi connectivity index (χ1) is 5.97. The summed E-state index contributed by atoms with van der Waals surface area (Å²) < 4.78 is 24.5. The second kappa shape index (κ2) is 3.80. The molecular formula is C9H17NO2S. The van der Waals surface area contributed by atoms with Gasteiger partial charge in [0.25, 0.3) is 0 Å². The van der Waals surface area contributed by atoms with Crippen LogP contribution in [0.15, 0.2) is 11.6 Å². The number of nitrogens with zero attached hydrogens (tertiary/aromatic N) is 1. The van der Waals surface area contributed by atoms with Crippen LogP contribution in [0.4, 0.5) is 0 Å². The van der Waals surface area contributed by atoms with Crippen molar-refractivity contribution in [3.05, 3.63) is 11.6 Å². The molecule has 0 fully saturated rings. The molecule has 0 atom stereocenters. The lowest BCUT2D eigenvalue weighted by molar-refractivity contribution is 0.479. The molecule has 1 aliphatic heterocycles. The number of sulfonamides is 1. The molecule has 0 N–H and O–H groups in total. The van der Waals surface area contributed by atoms with Crippen LogP contribution < -0.4 is 0 Å². The molecule has 1 aliphatic rings. The minimum absolute atomic E-state index is 0.201. The molecule has 0 radical (unpaired) electrons. The lowest BCUT2D eigenvalue weighted by Crippen LogP contribution is -2.30. The SMILES string of the molecule is CCS(=O)(=O)N1CC=C(C(C)C)C1. The molecule has 3 nitrogen and oxygen atoms in total. The molecule has 0 aromatic carbocycles. The zero-order valence-electron chi connectivity index (χ0n) is 8.45. The van der Waals surface area contributed by atoms with Gasteiger partial charge in [0.2, 0.25) is 10.0 Å². The molecule has 76 valence electrons. The summed E-state index contributed by atoms with van der Waals surface area (Å²) in [4.78, 5) is 0. The van der Waals surface area contributed by atoms with Gasteiger partial charge in [0.05, 0.1) is 5.75 Å². The van der Waals surface area contributed by atoms with Crippen LogP contribution in [0, 0.1) is 5.92 Å². The molecule has 0 aliphatic carbocycles. The molecule has 0 unspecified atom stereocenters. The van der Waals surface area contributed by atoms with Crippen LogP contribution in [-0.2, 0) is 10.0 Å². The molecule has 0 saturated carbocycles. The van der Waals surface area contributed by atoms with Crippen molar-refractivity contribution in [1.82, 2.24) is 4.31 Å². The van der Waals surface area contributed by atoms with E-state index in [1.165, 1.54) is 5.57 Å². The van der Waals surface area contributed by atoms with Gasteiger partial charge < -0.3 is 0 Å². The maximum atomic E-state index is 11.5. The zero-order valence-corrected chi connectivity index (χ0v) is 9.26. The van der Waals surface area contributed by atoms with E-state index >= 15 is 0 Å². The van der Waals surface area contributed by atoms with E-state index in [4.69, 9.17) is 0 Å². The first-order valence-electron chi connectivity index (χ1n) is 4.64. The van der Waals surface area contributed by atoms with Gasteiger partial charge in [0.15, 0.2) is 0 Å². The summed E-state index contributed by atoms with van der Waals surface area (Å²) in [7, 11) is -2.98. The Bertz CT molecular complexity index is 304. The van der Waals surface area contributed by atoms with Gasteiger partial charge in [-0.05, 0) is 12.8 Å². The lowest BCUT2D eigenvalue weighted by Gasteiger charge is -2.15. The van der Waals surface area contributed by atoms with Crippen LogP contribution in [0.1, 0.15) is 20.8 Å². The van der Waals surface area contributed by atoms with Crippen molar-refractivity contribution < 1.29 is 8.42 Å². The van der Waals surface area contributed by atoms with E-state index in [1.807, 2.05) is 6.08 Å². The minimum Gasteiger partial charge on any atom is -0.212 e. The fraction of sp³-hybridized carbons (Fsp3) is 0.778. The van der Waals surface area contributed by atoms with Gasteiger partial charge >= 0.3 is 0 Å². The Kier molecular flexibility index (Phi) is 3.14. The normalized spacial score (nSPS) is 19.5. The van der Waals surface area contributed by atoms with Crippen LogP contribution >= 0.6 is 0 Å². The second-order valence-electron chi connectivity index (χ2n) is 3.63. The van der Waals surface area contributed by atoms with Gasteiger partial charge in [-0.3, -0.25) is 0 Å². The molecule has 13 heavy (non-hydrogen) atoms. The molecule has 0 saturated heterocycles. The van der Waals surface area contributed by atoms with E-state index in [1.54, 1.807) is 11.2 Å². The number of rotatable bonds is 3. The molecule has 4 heteroatoms. The Morgan fingerprint density at radius 2 is 2.15 bits per heavy atom. The van der Waals surface area contributed by atoms with Crippen LogP contribution in [-0.4, -0.2) is 31.6 Å².